The molecule has 1 N–H and O–H groups in total. The Kier molecular flexibility index (Phi) is 1.87. The first kappa shape index (κ1) is 8.36. The second kappa shape index (κ2) is 2.91. The summed E-state index contributed by atoms with van der Waals surface area (Å²) in [7, 11) is 0. The Hall–Kier alpha value is -1.24. The second-order valence-corrected chi connectivity index (χ2v) is 4.02. The van der Waals surface area contributed by atoms with Crippen molar-refractivity contribution in [2.24, 2.45) is 0 Å². The molecule has 13 heavy (non-hydrogen) atoms. The van der Waals surface area contributed by atoms with Gasteiger partial charge in [-0.25, -0.2) is 0 Å². The summed E-state index contributed by atoms with van der Waals surface area (Å²) in [6.45, 7) is 0. The zero-order valence-corrected chi connectivity index (χ0v) is 7.99. The van der Waals surface area contributed by atoms with E-state index in [1.807, 2.05) is 6.07 Å². The Bertz CT molecular complexity index is 512. The number of nitriles is 1. The number of rotatable bonds is 0. The van der Waals surface area contributed by atoms with E-state index < -0.39 is 0 Å². The molecule has 0 saturated heterocycles. The van der Waals surface area contributed by atoms with Crippen molar-refractivity contribution in [3.63, 3.8) is 0 Å². The second-order valence-electron chi connectivity index (χ2n) is 2.53. The zero-order chi connectivity index (χ0) is 9.42. The van der Waals surface area contributed by atoms with Gasteiger partial charge >= 0.3 is 0 Å². The fourth-order valence-corrected chi connectivity index (χ4v) is 2.30. The third-order valence-corrected chi connectivity index (χ3v) is 3.01. The maximum Gasteiger partial charge on any atom is 0.152 e. The number of thiophene rings is 1. The number of benzene rings is 1. The van der Waals surface area contributed by atoms with Crippen LogP contribution in [-0.2, 0) is 0 Å². The Balaban J connectivity index is 2.86. The molecule has 0 radical (unpaired) electrons. The maximum absolute atomic E-state index is 9.53. The van der Waals surface area contributed by atoms with Crippen molar-refractivity contribution in [3.8, 4) is 11.8 Å². The lowest BCUT2D eigenvalue weighted by atomic mass is 10.2. The highest BCUT2D eigenvalue weighted by Crippen LogP contribution is 2.37. The average molecular weight is 210 g/mol. The molecule has 64 valence electrons. The first-order valence-corrected chi connectivity index (χ1v) is 4.73. The van der Waals surface area contributed by atoms with Crippen LogP contribution in [-0.4, -0.2) is 5.11 Å². The zero-order valence-electron chi connectivity index (χ0n) is 6.41. The van der Waals surface area contributed by atoms with Crippen molar-refractivity contribution < 1.29 is 5.11 Å². The van der Waals surface area contributed by atoms with Crippen molar-refractivity contribution in [1.29, 1.82) is 5.26 Å². The van der Waals surface area contributed by atoms with Crippen molar-refractivity contribution in [2.45, 2.75) is 0 Å². The largest absolute Gasteiger partial charge is 0.505 e. The van der Waals surface area contributed by atoms with E-state index in [9.17, 15) is 5.11 Å². The third kappa shape index (κ3) is 1.24. The molecule has 0 atom stereocenters. The highest BCUT2D eigenvalue weighted by Gasteiger charge is 2.09. The lowest BCUT2D eigenvalue weighted by Gasteiger charge is -1.90. The Labute approximate surface area is 83.6 Å². The highest BCUT2D eigenvalue weighted by atomic mass is 35.5. The number of aromatic hydroxyl groups is 1. The van der Waals surface area contributed by atoms with Gasteiger partial charge in [0.15, 0.2) is 5.75 Å². The predicted molar refractivity (Wildman–Crippen MR) is 53.2 cm³/mol. The van der Waals surface area contributed by atoms with Gasteiger partial charge in [0.25, 0.3) is 0 Å². The minimum Gasteiger partial charge on any atom is -0.505 e. The summed E-state index contributed by atoms with van der Waals surface area (Å²) < 4.78 is 0.835. The smallest absolute Gasteiger partial charge is 0.152 e. The highest BCUT2D eigenvalue weighted by molar-refractivity contribution is 7.20. The number of hydrogen-bond donors (Lipinski definition) is 1. The number of halogens is 1. The summed E-state index contributed by atoms with van der Waals surface area (Å²) in [4.78, 5) is 0.331. The summed E-state index contributed by atoms with van der Waals surface area (Å²) in [5.41, 5.74) is 0. The molecule has 0 unspecified atom stereocenters. The normalized spacial score (nSPS) is 10.2. The molecule has 0 amide bonds. The van der Waals surface area contributed by atoms with Gasteiger partial charge < -0.3 is 5.11 Å². The van der Waals surface area contributed by atoms with E-state index in [1.54, 1.807) is 18.2 Å². The van der Waals surface area contributed by atoms with Crippen LogP contribution in [0.1, 0.15) is 4.88 Å². The van der Waals surface area contributed by atoms with Crippen molar-refractivity contribution in [1.82, 2.24) is 0 Å². The lowest BCUT2D eigenvalue weighted by molar-refractivity contribution is 0.482. The monoisotopic (exact) mass is 209 g/mol. The molecule has 2 rings (SSSR count). The van der Waals surface area contributed by atoms with Crippen LogP contribution in [0.4, 0.5) is 0 Å². The molecule has 1 aromatic carbocycles. The molecule has 4 heteroatoms. The molecule has 1 aromatic heterocycles. The van der Waals surface area contributed by atoms with E-state index in [2.05, 4.69) is 0 Å². The van der Waals surface area contributed by atoms with Gasteiger partial charge in [-0.1, -0.05) is 11.6 Å². The molecule has 1 heterocycles. The van der Waals surface area contributed by atoms with Gasteiger partial charge in [0.1, 0.15) is 10.9 Å². The van der Waals surface area contributed by atoms with Crippen LogP contribution < -0.4 is 0 Å². The third-order valence-electron chi connectivity index (χ3n) is 1.73. The van der Waals surface area contributed by atoms with Crippen LogP contribution in [0.2, 0.25) is 5.02 Å². The van der Waals surface area contributed by atoms with Crippen LogP contribution >= 0.6 is 22.9 Å². The van der Waals surface area contributed by atoms with Gasteiger partial charge in [-0.05, 0) is 18.2 Å². The van der Waals surface area contributed by atoms with Gasteiger partial charge in [-0.3, -0.25) is 0 Å². The van der Waals surface area contributed by atoms with Crippen LogP contribution in [0.5, 0.6) is 5.75 Å². The number of hydrogen-bond acceptors (Lipinski definition) is 3. The van der Waals surface area contributed by atoms with Crippen molar-refractivity contribution >= 4 is 33.0 Å². The summed E-state index contributed by atoms with van der Waals surface area (Å²) in [5, 5.41) is 19.5. The van der Waals surface area contributed by atoms with Crippen molar-refractivity contribution in [3.05, 3.63) is 28.1 Å². The van der Waals surface area contributed by atoms with E-state index in [-0.39, 0.29) is 5.75 Å². The van der Waals surface area contributed by atoms with E-state index >= 15 is 0 Å². The number of fused-ring (bicyclic) bond motifs is 1. The van der Waals surface area contributed by atoms with Gasteiger partial charge in [0.05, 0.1) is 0 Å². The summed E-state index contributed by atoms with van der Waals surface area (Å²) >= 11 is 7.01. The summed E-state index contributed by atoms with van der Waals surface area (Å²) in [6.07, 6.45) is 0. The van der Waals surface area contributed by atoms with Crippen LogP contribution in [0.25, 0.3) is 10.1 Å². The maximum atomic E-state index is 9.53. The molecule has 0 aliphatic carbocycles. The van der Waals surface area contributed by atoms with Gasteiger partial charge in [0.2, 0.25) is 0 Å². The quantitative estimate of drug-likeness (QED) is 0.725. The van der Waals surface area contributed by atoms with Crippen LogP contribution in [0.3, 0.4) is 0 Å². The van der Waals surface area contributed by atoms with E-state index in [0.717, 1.165) is 4.70 Å². The first-order valence-electron chi connectivity index (χ1n) is 3.53. The average Bonchev–Trinajstić information content (AvgIpc) is 2.42. The van der Waals surface area contributed by atoms with E-state index in [0.29, 0.717) is 15.3 Å². The summed E-state index contributed by atoms with van der Waals surface area (Å²) in [5.74, 6) is 0.0548. The SMILES string of the molecule is N#Cc1sc2cc(Cl)ccc2c1O. The Morgan fingerprint density at radius 3 is 2.92 bits per heavy atom. The number of nitrogens with zero attached hydrogens (tertiary/aromatic N) is 1. The van der Waals surface area contributed by atoms with Gasteiger partial charge in [0, 0.05) is 15.1 Å². The molecular weight excluding hydrogens is 206 g/mol. The Morgan fingerprint density at radius 2 is 2.23 bits per heavy atom. The first-order chi connectivity index (χ1) is 6.22. The van der Waals surface area contributed by atoms with E-state index in [1.165, 1.54) is 11.3 Å². The fourth-order valence-electron chi connectivity index (χ4n) is 1.13. The topological polar surface area (TPSA) is 44.0 Å². The van der Waals surface area contributed by atoms with Gasteiger partial charge in [-0.15, -0.1) is 11.3 Å². The molecule has 2 nitrogen and oxygen atoms in total. The molecule has 0 aliphatic heterocycles. The minimum atomic E-state index is 0.0548. The van der Waals surface area contributed by atoms with Gasteiger partial charge in [-0.2, -0.15) is 5.26 Å². The lowest BCUT2D eigenvalue weighted by Crippen LogP contribution is -1.65. The molecular formula is C9H4ClNOS. The summed E-state index contributed by atoms with van der Waals surface area (Å²) in [6, 6.07) is 7.07. The molecule has 2 aromatic rings. The standard InChI is InChI=1S/C9H4ClNOS/c10-5-1-2-6-7(3-5)13-8(4-11)9(6)12/h1-3,12H. The fraction of sp³-hybridized carbons (Fsp3) is 0. The molecule has 0 saturated carbocycles. The Morgan fingerprint density at radius 1 is 1.46 bits per heavy atom. The molecule has 0 aliphatic rings. The van der Waals surface area contributed by atoms with E-state index in [4.69, 9.17) is 16.9 Å². The van der Waals surface area contributed by atoms with Crippen LogP contribution in [0, 0.1) is 11.3 Å². The molecule has 0 bridgehead atoms. The minimum absolute atomic E-state index is 0.0548. The molecule has 0 spiro atoms. The van der Waals surface area contributed by atoms with Crippen molar-refractivity contribution in [2.75, 3.05) is 0 Å². The van der Waals surface area contributed by atoms with Crippen LogP contribution in [0.15, 0.2) is 18.2 Å². The predicted octanol–water partition coefficient (Wildman–Crippen LogP) is 3.13. The molecule has 0 fully saturated rings.